The highest BCUT2D eigenvalue weighted by molar-refractivity contribution is 5.95. The van der Waals surface area contributed by atoms with E-state index in [1.165, 1.54) is 0 Å². The minimum atomic E-state index is -0.334. The number of carbonyl (C=O) groups excluding carboxylic acids is 1. The summed E-state index contributed by atoms with van der Waals surface area (Å²) in [6.45, 7) is 1.76. The fourth-order valence-corrected chi connectivity index (χ4v) is 2.28. The molecule has 108 valence electrons. The molecule has 0 fully saturated rings. The number of benzene rings is 3. The van der Waals surface area contributed by atoms with E-state index >= 15 is 0 Å². The van der Waals surface area contributed by atoms with Gasteiger partial charge in [-0.25, -0.2) is 4.79 Å². The Hall–Kier alpha value is -2.87. The maximum absolute atomic E-state index is 12.2. The predicted molar refractivity (Wildman–Crippen MR) is 89.7 cm³/mol. The molecule has 0 spiro atoms. The van der Waals surface area contributed by atoms with Gasteiger partial charge in [0.1, 0.15) is 5.75 Å². The molecule has 0 N–H and O–H groups in total. The van der Waals surface area contributed by atoms with Crippen LogP contribution >= 0.6 is 0 Å². The molecule has 2 nitrogen and oxygen atoms in total. The number of fused-ring (bicyclic) bond motifs is 1. The first-order chi connectivity index (χ1) is 10.7. The number of carbonyl (C=O) groups is 1. The van der Waals surface area contributed by atoms with Crippen LogP contribution in [-0.2, 0) is 4.79 Å². The van der Waals surface area contributed by atoms with Crippen molar-refractivity contribution in [3.63, 3.8) is 0 Å². The van der Waals surface area contributed by atoms with Crippen LogP contribution in [-0.4, -0.2) is 5.97 Å². The Kier molecular flexibility index (Phi) is 4.01. The lowest BCUT2D eigenvalue weighted by molar-refractivity contribution is -0.130. The normalized spacial score (nSPS) is 11.4. The van der Waals surface area contributed by atoms with E-state index in [2.05, 4.69) is 0 Å². The monoisotopic (exact) mass is 288 g/mol. The lowest BCUT2D eigenvalue weighted by Gasteiger charge is -2.06. The smallest absolute Gasteiger partial charge is 0.339 e. The van der Waals surface area contributed by atoms with Gasteiger partial charge in [0.25, 0.3) is 0 Å². The van der Waals surface area contributed by atoms with E-state index in [-0.39, 0.29) is 5.97 Å². The van der Waals surface area contributed by atoms with Crippen LogP contribution in [0.15, 0.2) is 78.4 Å². The molecule has 0 bridgehead atoms. The summed E-state index contributed by atoms with van der Waals surface area (Å²) in [4.78, 5) is 12.2. The van der Waals surface area contributed by atoms with E-state index in [9.17, 15) is 4.79 Å². The third-order valence-corrected chi connectivity index (χ3v) is 3.44. The summed E-state index contributed by atoms with van der Waals surface area (Å²) in [5.41, 5.74) is 1.55. The van der Waals surface area contributed by atoms with Crippen LogP contribution in [0.2, 0.25) is 0 Å². The lowest BCUT2D eigenvalue weighted by Crippen LogP contribution is -2.08. The zero-order valence-electron chi connectivity index (χ0n) is 12.3. The third-order valence-electron chi connectivity index (χ3n) is 3.44. The molecule has 3 aromatic carbocycles. The van der Waals surface area contributed by atoms with Crippen LogP contribution in [0, 0.1) is 0 Å². The standard InChI is InChI=1S/C20H16O2/c1-15(13-16-7-3-2-4-8-16)20(21)22-19-12-11-17-9-5-6-10-18(17)14-19/h2-14H,1H3. The average Bonchev–Trinajstić information content (AvgIpc) is 2.55. The highest BCUT2D eigenvalue weighted by atomic mass is 16.5. The van der Waals surface area contributed by atoms with E-state index in [1.807, 2.05) is 78.9 Å². The van der Waals surface area contributed by atoms with E-state index in [0.717, 1.165) is 16.3 Å². The average molecular weight is 288 g/mol. The number of hydrogen-bond donors (Lipinski definition) is 0. The van der Waals surface area contributed by atoms with Crippen LogP contribution in [0.4, 0.5) is 0 Å². The Morgan fingerprint density at radius 1 is 0.864 bits per heavy atom. The van der Waals surface area contributed by atoms with Crippen molar-refractivity contribution in [1.29, 1.82) is 0 Å². The lowest BCUT2D eigenvalue weighted by atomic mass is 10.1. The Bertz CT molecular complexity index is 832. The Morgan fingerprint density at radius 2 is 1.55 bits per heavy atom. The van der Waals surface area contributed by atoms with E-state index in [1.54, 1.807) is 6.92 Å². The largest absolute Gasteiger partial charge is 0.423 e. The predicted octanol–water partition coefficient (Wildman–Crippen LogP) is 4.85. The number of hydrogen-bond acceptors (Lipinski definition) is 2. The first-order valence-corrected chi connectivity index (χ1v) is 7.17. The molecular weight excluding hydrogens is 272 g/mol. The molecule has 22 heavy (non-hydrogen) atoms. The van der Waals surface area contributed by atoms with E-state index in [4.69, 9.17) is 4.74 Å². The zero-order chi connectivity index (χ0) is 15.4. The molecule has 0 saturated heterocycles. The molecule has 0 aliphatic carbocycles. The molecular formula is C20H16O2. The van der Waals surface area contributed by atoms with Crippen molar-refractivity contribution in [2.45, 2.75) is 6.92 Å². The van der Waals surface area contributed by atoms with E-state index < -0.39 is 0 Å². The van der Waals surface area contributed by atoms with Gasteiger partial charge in [0, 0.05) is 5.57 Å². The van der Waals surface area contributed by atoms with Crippen LogP contribution in [0.5, 0.6) is 5.75 Å². The van der Waals surface area contributed by atoms with Crippen molar-refractivity contribution in [1.82, 2.24) is 0 Å². The minimum absolute atomic E-state index is 0.334. The van der Waals surface area contributed by atoms with Gasteiger partial charge in [0.15, 0.2) is 0 Å². The molecule has 3 rings (SSSR count). The molecule has 0 radical (unpaired) electrons. The summed E-state index contributed by atoms with van der Waals surface area (Å²) in [6, 6.07) is 23.4. The Balaban J connectivity index is 1.79. The topological polar surface area (TPSA) is 26.3 Å². The molecule has 0 saturated carbocycles. The number of esters is 1. The second kappa shape index (κ2) is 6.27. The summed E-state index contributed by atoms with van der Waals surface area (Å²) in [5, 5.41) is 2.18. The van der Waals surface area contributed by atoms with Crippen LogP contribution in [0.25, 0.3) is 16.8 Å². The first kappa shape index (κ1) is 14.1. The third kappa shape index (κ3) is 3.23. The van der Waals surface area contributed by atoms with Gasteiger partial charge in [-0.2, -0.15) is 0 Å². The molecule has 0 unspecified atom stereocenters. The van der Waals surface area contributed by atoms with Gasteiger partial charge in [0.2, 0.25) is 0 Å². The second-order valence-electron chi connectivity index (χ2n) is 5.14. The van der Waals surface area contributed by atoms with Crippen LogP contribution in [0.3, 0.4) is 0 Å². The molecule has 0 amide bonds. The Morgan fingerprint density at radius 3 is 2.32 bits per heavy atom. The van der Waals surface area contributed by atoms with Gasteiger partial charge in [-0.3, -0.25) is 0 Å². The van der Waals surface area contributed by atoms with Crippen LogP contribution < -0.4 is 4.74 Å². The molecule has 0 aliphatic heterocycles. The SMILES string of the molecule is CC(=Cc1ccccc1)C(=O)Oc1ccc2ccccc2c1. The highest BCUT2D eigenvalue weighted by Gasteiger charge is 2.08. The molecule has 0 heterocycles. The van der Waals surface area contributed by atoms with Crippen molar-refractivity contribution in [3.8, 4) is 5.75 Å². The van der Waals surface area contributed by atoms with Gasteiger partial charge in [0.05, 0.1) is 0 Å². The van der Waals surface area contributed by atoms with Gasteiger partial charge in [-0.05, 0) is 41.5 Å². The summed E-state index contributed by atoms with van der Waals surface area (Å²) >= 11 is 0. The van der Waals surface area contributed by atoms with Crippen molar-refractivity contribution < 1.29 is 9.53 Å². The Labute approximate surface area is 129 Å². The number of ether oxygens (including phenoxy) is 1. The van der Waals surface area contributed by atoms with Crippen molar-refractivity contribution >= 4 is 22.8 Å². The maximum Gasteiger partial charge on any atom is 0.339 e. The fraction of sp³-hybridized carbons (Fsp3) is 0.0500. The van der Waals surface area contributed by atoms with Gasteiger partial charge < -0.3 is 4.74 Å². The molecule has 0 aromatic heterocycles. The van der Waals surface area contributed by atoms with Gasteiger partial charge in [-0.1, -0.05) is 60.7 Å². The summed E-state index contributed by atoms with van der Waals surface area (Å²) in [6.07, 6.45) is 1.82. The van der Waals surface area contributed by atoms with Crippen molar-refractivity contribution in [2.24, 2.45) is 0 Å². The fourth-order valence-electron chi connectivity index (χ4n) is 2.28. The van der Waals surface area contributed by atoms with Gasteiger partial charge in [-0.15, -0.1) is 0 Å². The zero-order valence-corrected chi connectivity index (χ0v) is 12.3. The second-order valence-corrected chi connectivity index (χ2v) is 5.14. The van der Waals surface area contributed by atoms with E-state index in [0.29, 0.717) is 11.3 Å². The summed E-state index contributed by atoms with van der Waals surface area (Å²) < 4.78 is 5.45. The van der Waals surface area contributed by atoms with Crippen molar-refractivity contribution in [2.75, 3.05) is 0 Å². The quantitative estimate of drug-likeness (QED) is 0.391. The van der Waals surface area contributed by atoms with Gasteiger partial charge >= 0.3 is 5.97 Å². The molecule has 3 aromatic rings. The van der Waals surface area contributed by atoms with Crippen molar-refractivity contribution in [3.05, 3.63) is 83.9 Å². The molecule has 0 atom stereocenters. The molecule has 0 aliphatic rings. The highest BCUT2D eigenvalue weighted by Crippen LogP contribution is 2.21. The molecule has 2 heteroatoms. The summed E-state index contributed by atoms with van der Waals surface area (Å²) in [7, 11) is 0. The maximum atomic E-state index is 12.2. The van der Waals surface area contributed by atoms with Crippen LogP contribution in [0.1, 0.15) is 12.5 Å². The summed E-state index contributed by atoms with van der Waals surface area (Å²) in [5.74, 6) is 0.226. The first-order valence-electron chi connectivity index (χ1n) is 7.17. The minimum Gasteiger partial charge on any atom is -0.423 e. The number of rotatable bonds is 3.